The Morgan fingerprint density at radius 1 is 1.42 bits per heavy atom. The van der Waals surface area contributed by atoms with Crippen LogP contribution in [-0.4, -0.2) is 24.7 Å². The van der Waals surface area contributed by atoms with E-state index in [0.717, 1.165) is 6.92 Å². The van der Waals surface area contributed by atoms with Crippen LogP contribution in [0.4, 0.5) is 4.70 Å². The highest BCUT2D eigenvalue weighted by Gasteiger charge is 2.11. The van der Waals surface area contributed by atoms with Crippen LogP contribution in [0.1, 0.15) is 13.3 Å². The summed E-state index contributed by atoms with van der Waals surface area (Å²) in [6.45, 7) is 1.13. The van der Waals surface area contributed by atoms with Crippen LogP contribution in [0.15, 0.2) is 0 Å². The minimum Gasteiger partial charge on any atom is -0.299 e. The predicted octanol–water partition coefficient (Wildman–Crippen LogP) is -0.963. The average molecular weight is 201 g/mol. The summed E-state index contributed by atoms with van der Waals surface area (Å²) < 4.78 is 29.1. The van der Waals surface area contributed by atoms with Gasteiger partial charge in [-0.3, -0.25) is 18.8 Å². The van der Waals surface area contributed by atoms with Crippen molar-refractivity contribution in [2.45, 2.75) is 13.3 Å². The Morgan fingerprint density at radius 2 is 1.83 bits per heavy atom. The number of nitrogens with one attached hydrogen (secondary N) is 1. The maximum absolute atomic E-state index is 10.4. The second kappa shape index (κ2) is 4.78. The van der Waals surface area contributed by atoms with Gasteiger partial charge in [-0.15, -0.1) is 0 Å². The standard InChI is InChI=1S/C4H7NO5S.FH/c1-3(6)2-4(7)5-11(8,9)10;/h2H2,1H3,(H,5,7)(H,8,9,10);1H. The van der Waals surface area contributed by atoms with Crippen molar-refractivity contribution in [1.29, 1.82) is 0 Å². The fourth-order valence-corrected chi connectivity index (χ4v) is 0.766. The van der Waals surface area contributed by atoms with Crippen LogP contribution in [0, 0.1) is 0 Å². The Morgan fingerprint density at radius 3 is 2.08 bits per heavy atom. The van der Waals surface area contributed by atoms with E-state index >= 15 is 0 Å². The molecule has 6 nitrogen and oxygen atoms in total. The number of amides is 1. The van der Waals surface area contributed by atoms with E-state index in [-0.39, 0.29) is 4.70 Å². The maximum atomic E-state index is 10.4. The molecule has 0 unspecified atom stereocenters. The highest BCUT2D eigenvalue weighted by molar-refractivity contribution is 7.84. The lowest BCUT2D eigenvalue weighted by atomic mass is 10.3. The van der Waals surface area contributed by atoms with E-state index in [4.69, 9.17) is 4.55 Å². The topological polar surface area (TPSA) is 101 Å². The van der Waals surface area contributed by atoms with Gasteiger partial charge in [0.1, 0.15) is 5.78 Å². The molecular weight excluding hydrogens is 193 g/mol. The molecule has 0 atom stereocenters. The largest absolute Gasteiger partial charge is 0.359 e. The van der Waals surface area contributed by atoms with Gasteiger partial charge < -0.3 is 0 Å². The molecule has 0 rings (SSSR count). The summed E-state index contributed by atoms with van der Waals surface area (Å²) in [7, 11) is -4.52. The lowest BCUT2D eigenvalue weighted by Crippen LogP contribution is -2.30. The molecule has 8 heteroatoms. The zero-order valence-electron chi connectivity index (χ0n) is 6.10. The molecule has 0 radical (unpaired) electrons. The SMILES string of the molecule is CC(=O)CC(=O)NS(=O)(=O)O.F. The number of Topliss-reactive ketones (excluding diaryl/α,β-unsaturated/α-hetero) is 1. The summed E-state index contributed by atoms with van der Waals surface area (Å²) in [5, 5.41) is 0. The first kappa shape index (κ1) is 13.6. The number of ketones is 1. The van der Waals surface area contributed by atoms with Crippen molar-refractivity contribution in [3.05, 3.63) is 0 Å². The highest BCUT2D eigenvalue weighted by Crippen LogP contribution is 1.83. The van der Waals surface area contributed by atoms with Gasteiger partial charge in [-0.05, 0) is 6.92 Å². The molecule has 0 saturated heterocycles. The molecule has 0 aromatic carbocycles. The number of hydrogen-bond acceptors (Lipinski definition) is 4. The molecule has 0 heterocycles. The summed E-state index contributed by atoms with van der Waals surface area (Å²) in [5.41, 5.74) is 0. The van der Waals surface area contributed by atoms with Crippen molar-refractivity contribution in [1.82, 2.24) is 4.72 Å². The Kier molecular flexibility index (Phi) is 5.40. The third-order valence-corrected chi connectivity index (χ3v) is 1.14. The second-order valence-electron chi connectivity index (χ2n) is 1.88. The first-order valence-electron chi connectivity index (χ1n) is 2.59. The van der Waals surface area contributed by atoms with Crippen LogP contribution in [0.2, 0.25) is 0 Å². The van der Waals surface area contributed by atoms with Crippen LogP contribution in [0.5, 0.6) is 0 Å². The van der Waals surface area contributed by atoms with Crippen LogP contribution < -0.4 is 4.72 Å². The Bertz CT molecular complexity index is 271. The minimum atomic E-state index is -4.52. The van der Waals surface area contributed by atoms with E-state index in [0.29, 0.717) is 0 Å². The quantitative estimate of drug-likeness (QED) is 0.452. The number of halogens is 1. The van der Waals surface area contributed by atoms with E-state index in [9.17, 15) is 18.0 Å². The molecule has 0 bridgehead atoms. The van der Waals surface area contributed by atoms with Gasteiger partial charge in [0.2, 0.25) is 5.91 Å². The first-order chi connectivity index (χ1) is 4.81. The number of carbonyl (C=O) groups is 2. The summed E-state index contributed by atoms with van der Waals surface area (Å²) in [6, 6.07) is 0. The summed E-state index contributed by atoms with van der Waals surface area (Å²) in [6.07, 6.45) is -0.556. The maximum Gasteiger partial charge on any atom is 0.359 e. The molecule has 2 N–H and O–H groups in total. The summed E-state index contributed by atoms with van der Waals surface area (Å²) in [5.74, 6) is -1.52. The molecule has 0 aliphatic carbocycles. The van der Waals surface area contributed by atoms with Gasteiger partial charge in [0, 0.05) is 0 Å². The van der Waals surface area contributed by atoms with E-state index in [1.807, 2.05) is 0 Å². The van der Waals surface area contributed by atoms with E-state index < -0.39 is 28.4 Å². The molecule has 0 aliphatic heterocycles. The number of rotatable bonds is 3. The normalized spacial score (nSPS) is 9.83. The van der Waals surface area contributed by atoms with Crippen molar-refractivity contribution in [3.8, 4) is 0 Å². The Balaban J connectivity index is 0. The second-order valence-corrected chi connectivity index (χ2v) is 3.03. The zero-order valence-corrected chi connectivity index (χ0v) is 6.92. The van der Waals surface area contributed by atoms with Crippen LogP contribution >= 0.6 is 0 Å². The Labute approximate surface area is 68.2 Å². The Hall–Kier alpha value is -1.02. The van der Waals surface area contributed by atoms with Crippen molar-refractivity contribution in [3.63, 3.8) is 0 Å². The first-order valence-corrected chi connectivity index (χ1v) is 4.03. The van der Waals surface area contributed by atoms with Gasteiger partial charge in [0.25, 0.3) is 0 Å². The third-order valence-electron chi connectivity index (χ3n) is 0.652. The van der Waals surface area contributed by atoms with Gasteiger partial charge in [0.05, 0.1) is 6.42 Å². The van der Waals surface area contributed by atoms with Crippen LogP contribution in [-0.2, 0) is 19.9 Å². The molecule has 0 spiro atoms. The zero-order chi connectivity index (χ0) is 9.07. The average Bonchev–Trinajstić information content (AvgIpc) is 1.53. The fraction of sp³-hybridized carbons (Fsp3) is 0.500. The van der Waals surface area contributed by atoms with Gasteiger partial charge in [-0.2, -0.15) is 8.42 Å². The molecule has 0 aromatic heterocycles. The van der Waals surface area contributed by atoms with Gasteiger partial charge in [-0.1, -0.05) is 0 Å². The molecule has 0 fully saturated rings. The predicted molar refractivity (Wildman–Crippen MR) is 37.5 cm³/mol. The van der Waals surface area contributed by atoms with Crippen molar-refractivity contribution < 1.29 is 27.3 Å². The lowest BCUT2D eigenvalue weighted by molar-refractivity contribution is -0.126. The molecule has 0 aliphatic rings. The fourth-order valence-electron chi connectivity index (χ4n) is 0.406. The number of hydrogen-bond donors (Lipinski definition) is 2. The van der Waals surface area contributed by atoms with Crippen molar-refractivity contribution in [2.75, 3.05) is 0 Å². The van der Waals surface area contributed by atoms with Crippen molar-refractivity contribution >= 4 is 22.0 Å². The molecule has 72 valence electrons. The van der Waals surface area contributed by atoms with Crippen LogP contribution in [0.25, 0.3) is 0 Å². The van der Waals surface area contributed by atoms with E-state index in [1.165, 1.54) is 4.72 Å². The molecule has 12 heavy (non-hydrogen) atoms. The van der Waals surface area contributed by atoms with Crippen LogP contribution in [0.3, 0.4) is 0 Å². The summed E-state index contributed by atoms with van der Waals surface area (Å²) in [4.78, 5) is 20.6. The smallest absolute Gasteiger partial charge is 0.299 e. The van der Waals surface area contributed by atoms with E-state index in [1.54, 1.807) is 0 Å². The van der Waals surface area contributed by atoms with Gasteiger partial charge in [0.15, 0.2) is 0 Å². The minimum absolute atomic E-state index is 0. The van der Waals surface area contributed by atoms with Gasteiger partial charge in [-0.25, -0.2) is 4.72 Å². The third kappa shape index (κ3) is 8.98. The molecule has 1 amide bonds. The van der Waals surface area contributed by atoms with E-state index in [2.05, 4.69) is 0 Å². The number of carbonyl (C=O) groups excluding carboxylic acids is 2. The highest BCUT2D eigenvalue weighted by atomic mass is 32.2. The molecular formula is C4H8FNO5S. The lowest BCUT2D eigenvalue weighted by Gasteiger charge is -1.96. The summed E-state index contributed by atoms with van der Waals surface area (Å²) >= 11 is 0. The monoisotopic (exact) mass is 201 g/mol. The molecule has 0 aromatic rings. The molecule has 0 saturated carbocycles. The van der Waals surface area contributed by atoms with Crippen molar-refractivity contribution in [2.24, 2.45) is 0 Å². The van der Waals surface area contributed by atoms with Gasteiger partial charge >= 0.3 is 10.3 Å².